The molecular formula is C122H92N8+8. The van der Waals surface area contributed by atoms with Gasteiger partial charge in [-0.15, -0.1) is 36.5 Å². The molecule has 0 fully saturated rings. The second kappa shape index (κ2) is 29.5. The monoisotopic (exact) mass is 1670 g/mol. The summed E-state index contributed by atoms with van der Waals surface area (Å²) in [5, 5.41) is 0. The highest BCUT2D eigenvalue weighted by atomic mass is 15.3. The van der Waals surface area contributed by atoms with Crippen LogP contribution in [0.3, 0.4) is 0 Å². The van der Waals surface area contributed by atoms with Gasteiger partial charge >= 0.3 is 22.7 Å². The number of aryl methyl sites for hydroxylation is 5. The first-order chi connectivity index (χ1) is 64.1. The largest absolute Gasteiger partial charge is 0.417 e. The maximum atomic E-state index is 2.54. The summed E-state index contributed by atoms with van der Waals surface area (Å²) in [7, 11) is 0. The van der Waals surface area contributed by atoms with Gasteiger partial charge < -0.3 is 0 Å². The highest BCUT2D eigenvalue weighted by Crippen LogP contribution is 2.54. The van der Waals surface area contributed by atoms with E-state index in [4.69, 9.17) is 0 Å². The minimum atomic E-state index is -0.444. The van der Waals surface area contributed by atoms with Crippen LogP contribution in [0.1, 0.15) is 79.4 Å². The number of aromatic nitrogens is 8. The van der Waals surface area contributed by atoms with Crippen molar-refractivity contribution in [2.75, 3.05) is 0 Å². The summed E-state index contributed by atoms with van der Waals surface area (Å²) in [6, 6.07) is 150. The van der Waals surface area contributed by atoms with E-state index < -0.39 is 22.7 Å². The van der Waals surface area contributed by atoms with Crippen molar-refractivity contribution >= 4 is 0 Å². The third-order valence-electron chi connectivity index (χ3n) is 28.9. The zero-order valence-corrected chi connectivity index (χ0v) is 73.1. The van der Waals surface area contributed by atoms with Crippen molar-refractivity contribution < 1.29 is 36.5 Å². The molecule has 8 aliphatic heterocycles. The van der Waals surface area contributed by atoms with E-state index in [1.165, 1.54) is 207 Å². The van der Waals surface area contributed by atoms with E-state index in [9.17, 15) is 0 Å². The van der Waals surface area contributed by atoms with Crippen LogP contribution in [0.25, 0.3) is 135 Å². The van der Waals surface area contributed by atoms with E-state index in [1.807, 2.05) is 0 Å². The van der Waals surface area contributed by atoms with E-state index in [1.54, 1.807) is 0 Å². The summed E-state index contributed by atoms with van der Waals surface area (Å²) < 4.78 is 20.0. The third-order valence-corrected chi connectivity index (χ3v) is 28.9. The van der Waals surface area contributed by atoms with Gasteiger partial charge in [0.05, 0.1) is 44.5 Å². The first kappa shape index (κ1) is 76.3. The number of hydrogen-bond acceptors (Lipinski definition) is 0. The topological polar surface area (TPSA) is 31.0 Å². The Morgan fingerprint density at radius 1 is 0.185 bits per heavy atom. The average Bonchev–Trinajstić information content (AvgIpc) is 1.52. The second-order valence-electron chi connectivity index (χ2n) is 35.5. The molecule has 130 heavy (non-hydrogen) atoms. The van der Waals surface area contributed by atoms with Crippen LogP contribution in [0.2, 0.25) is 0 Å². The second-order valence-corrected chi connectivity index (χ2v) is 35.5. The number of fused-ring (bicyclic) bond motifs is 40. The molecule has 0 radical (unpaired) electrons. The molecule has 0 saturated carbocycles. The molecule has 4 spiro atoms. The van der Waals surface area contributed by atoms with Crippen molar-refractivity contribution in [2.24, 2.45) is 0 Å². The van der Waals surface area contributed by atoms with E-state index >= 15 is 0 Å². The number of pyridine rings is 8. The fourth-order valence-corrected chi connectivity index (χ4v) is 23.7. The maximum Gasteiger partial charge on any atom is 0.417 e. The van der Waals surface area contributed by atoms with Crippen LogP contribution in [-0.4, -0.2) is 0 Å². The minimum absolute atomic E-state index is 0.434. The number of benzene rings is 12. The van der Waals surface area contributed by atoms with E-state index in [2.05, 4.69) is 527 Å². The van der Waals surface area contributed by atoms with Crippen LogP contribution < -0.4 is 36.5 Å². The van der Waals surface area contributed by atoms with Crippen LogP contribution in [0.4, 0.5) is 0 Å². The van der Waals surface area contributed by atoms with Crippen LogP contribution >= 0.6 is 0 Å². The van der Waals surface area contributed by atoms with Gasteiger partial charge in [-0.1, -0.05) is 225 Å². The smallest absolute Gasteiger partial charge is 0.126 e. The van der Waals surface area contributed by atoms with Gasteiger partial charge in [0.15, 0.2) is 49.1 Å². The van der Waals surface area contributed by atoms with Crippen molar-refractivity contribution in [3.63, 3.8) is 0 Å². The zero-order valence-electron chi connectivity index (χ0n) is 73.1. The summed E-state index contributed by atoms with van der Waals surface area (Å²) in [5.74, 6) is 0. The SMILES string of the molecule is CCc1cc2[n+](cc1-c1ccccc1)C1(c3ccccc3-c3cccc[n+]31)c1ccccc1-2.Cc1cc2[n+](cc1-c1ccccc1)C1(c3ccccc3-2)c2ccccc2-c2cccc(C)[n+]21.Cc1cc2[n+](cc1-c1ccccc1)C1(c3ccccc3-c3cccc[n+]31)c1ccccc1-2.Cc1cc2[n+](cc1-c1ccccc1)C1(c3ccccc3-c3cccc[n+]31)c1ccccc1-2. The van der Waals surface area contributed by atoms with E-state index in [0.29, 0.717) is 0 Å². The van der Waals surface area contributed by atoms with Gasteiger partial charge in [-0.2, -0.15) is 0 Å². The molecule has 8 heteroatoms. The Balaban J connectivity index is 0.0000000936. The lowest BCUT2D eigenvalue weighted by Crippen LogP contribution is -2.72. The van der Waals surface area contributed by atoms with Crippen molar-refractivity contribution in [1.29, 1.82) is 0 Å². The first-order valence-electron chi connectivity index (χ1n) is 45.5. The van der Waals surface area contributed by atoms with Gasteiger partial charge in [0.1, 0.15) is 44.5 Å². The summed E-state index contributed by atoms with van der Waals surface area (Å²) in [6.07, 6.45) is 17.2. The van der Waals surface area contributed by atoms with Gasteiger partial charge in [-0.25, -0.2) is 0 Å². The molecule has 4 atom stereocenters. The number of nitrogens with zero attached hydrogens (tertiary/aromatic N) is 8. The van der Waals surface area contributed by atoms with Crippen LogP contribution in [0, 0.1) is 27.7 Å². The normalized spacial score (nSPS) is 17.0. The Hall–Kier alpha value is -16.2. The number of hydrogen-bond donors (Lipinski definition) is 0. The van der Waals surface area contributed by atoms with Crippen molar-refractivity contribution in [3.8, 4) is 135 Å². The molecule has 0 N–H and O–H groups in total. The Labute approximate surface area is 758 Å². The molecule has 4 unspecified atom stereocenters. The predicted molar refractivity (Wildman–Crippen MR) is 513 cm³/mol. The molecule has 0 amide bonds. The fraction of sp³-hybridized carbons (Fsp3) is 0.0820. The summed E-state index contributed by atoms with van der Waals surface area (Å²) in [5.41, 5.74) is 46.0. The Bertz CT molecular complexity index is 7720. The van der Waals surface area contributed by atoms with Crippen LogP contribution in [0.5, 0.6) is 0 Å². The van der Waals surface area contributed by atoms with E-state index in [-0.39, 0.29) is 0 Å². The van der Waals surface area contributed by atoms with Crippen molar-refractivity contribution in [3.05, 3.63) is 528 Å². The van der Waals surface area contributed by atoms with Crippen LogP contribution in [0.15, 0.2) is 456 Å². The van der Waals surface area contributed by atoms with Crippen molar-refractivity contribution in [1.82, 2.24) is 0 Å². The molecule has 28 rings (SSSR count). The van der Waals surface area contributed by atoms with Gasteiger partial charge in [-0.3, -0.25) is 0 Å². The molecule has 8 nitrogen and oxygen atoms in total. The molecule has 612 valence electrons. The third kappa shape index (κ3) is 10.6. The molecule has 12 aromatic carbocycles. The van der Waals surface area contributed by atoms with Gasteiger partial charge in [0.25, 0.3) is 0 Å². The summed E-state index contributed by atoms with van der Waals surface area (Å²) in [6.45, 7) is 11.2. The molecule has 8 aromatic heterocycles. The lowest BCUT2D eigenvalue weighted by atomic mass is 9.90. The molecule has 20 aromatic rings. The number of rotatable bonds is 5. The zero-order chi connectivity index (χ0) is 86.7. The van der Waals surface area contributed by atoms with Crippen molar-refractivity contribution in [2.45, 2.75) is 63.7 Å². The molecular weight excluding hydrogens is 1580 g/mol. The highest BCUT2D eigenvalue weighted by molar-refractivity contribution is 5.82. The van der Waals surface area contributed by atoms with Gasteiger partial charge in [-0.05, 0) is 193 Å². The molecule has 0 saturated heterocycles. The lowest BCUT2D eigenvalue weighted by molar-refractivity contribution is -0.957. The predicted octanol–water partition coefficient (Wildman–Crippen LogP) is 22.5. The molecule has 16 heterocycles. The Kier molecular flexibility index (Phi) is 17.3. The molecule has 8 aliphatic rings. The maximum absolute atomic E-state index is 2.54. The molecule has 0 aliphatic carbocycles. The Morgan fingerprint density at radius 3 is 0.723 bits per heavy atom. The summed E-state index contributed by atoms with van der Waals surface area (Å²) in [4.78, 5) is 0. The lowest BCUT2D eigenvalue weighted by Gasteiger charge is -2.19. The fourth-order valence-electron chi connectivity index (χ4n) is 23.7. The standard InChI is InChI=1S/2C31H24N2.2C30H22N2/c1-21-19-30-25-15-7-9-17-28(25)31(32(30)20-26(21)23-12-4-3-5-13-23)27-16-8-6-14-24(27)29-18-10-11-22(2)33(29)31;1-2-22-20-30-25-15-7-9-17-28(25)31(33(30)21-26(22)23-12-4-3-5-13-23)27-16-8-6-14-24(27)29-18-10-11-19-32(29)31;2*1-21-19-29-24-14-6-8-16-27(24)30(32(29)20-25(21)22-11-3-2-4-12-22)26-15-7-5-13-23(26)28-17-9-10-18-31(28)30/h3-20H,1-2H3;3-21H,2H2,1H3;2*2-20H,1H3/q4*+2. The highest BCUT2D eigenvalue weighted by Gasteiger charge is 2.71. The molecule has 0 bridgehead atoms. The summed E-state index contributed by atoms with van der Waals surface area (Å²) >= 11 is 0. The minimum Gasteiger partial charge on any atom is -0.126 e. The first-order valence-corrected chi connectivity index (χ1v) is 45.5. The quantitative estimate of drug-likeness (QED) is 0.154. The van der Waals surface area contributed by atoms with Gasteiger partial charge in [0, 0.05) is 102 Å². The Morgan fingerprint density at radius 2 is 0.415 bits per heavy atom. The van der Waals surface area contributed by atoms with Crippen LogP contribution in [-0.2, 0) is 29.1 Å². The van der Waals surface area contributed by atoms with Gasteiger partial charge in [0.2, 0.25) is 45.6 Å². The van der Waals surface area contributed by atoms with E-state index in [0.717, 1.165) is 6.42 Å². The average molecular weight is 1670 g/mol.